The van der Waals surface area contributed by atoms with E-state index in [2.05, 4.69) is 20.1 Å². The van der Waals surface area contributed by atoms with Gasteiger partial charge in [-0.15, -0.1) is 0 Å². The normalized spacial score (nSPS) is 9.71. The highest BCUT2D eigenvalue weighted by Gasteiger charge is 2.30. The van der Waals surface area contributed by atoms with Crippen LogP contribution in [-0.4, -0.2) is 45.3 Å². The van der Waals surface area contributed by atoms with Crippen molar-refractivity contribution in [1.82, 2.24) is 5.32 Å². The fourth-order valence-electron chi connectivity index (χ4n) is 1.42. The quantitative estimate of drug-likeness (QED) is 0.607. The maximum atomic E-state index is 11.7. The second-order valence-corrected chi connectivity index (χ2v) is 3.81. The molecule has 8 heteroatoms. The number of hydrogen-bond acceptors (Lipinski definition) is 6. The van der Waals surface area contributed by atoms with Gasteiger partial charge < -0.3 is 24.8 Å². The number of anilines is 1. The predicted molar refractivity (Wildman–Crippen MR) is 73.0 cm³/mol. The van der Waals surface area contributed by atoms with E-state index >= 15 is 0 Å². The van der Waals surface area contributed by atoms with Gasteiger partial charge in [0.1, 0.15) is 5.75 Å². The molecule has 0 aliphatic rings. The van der Waals surface area contributed by atoms with Crippen LogP contribution in [0.5, 0.6) is 5.75 Å². The molecular weight excluding hydrogens is 280 g/mol. The molecule has 0 saturated heterocycles. The number of esters is 2. The molecule has 0 radical (unpaired) electrons. The van der Waals surface area contributed by atoms with E-state index in [1.807, 2.05) is 0 Å². The summed E-state index contributed by atoms with van der Waals surface area (Å²) in [7, 11) is 3.72. The zero-order valence-corrected chi connectivity index (χ0v) is 11.8. The fourth-order valence-corrected chi connectivity index (χ4v) is 1.42. The molecule has 0 aliphatic heterocycles. The Hall–Kier alpha value is -2.77. The van der Waals surface area contributed by atoms with Crippen LogP contribution in [-0.2, 0) is 19.1 Å². The molecule has 0 heterocycles. The minimum atomic E-state index is -1.53. The summed E-state index contributed by atoms with van der Waals surface area (Å²) < 4.78 is 13.8. The number of methoxy groups -OCH3 is 3. The molecule has 0 atom stereocenters. The van der Waals surface area contributed by atoms with Gasteiger partial charge in [0.15, 0.2) is 0 Å². The van der Waals surface area contributed by atoms with Crippen molar-refractivity contribution in [3.8, 4) is 5.75 Å². The fraction of sp³-hybridized carbons (Fsp3) is 0.308. The van der Waals surface area contributed by atoms with E-state index in [0.29, 0.717) is 11.4 Å². The number of urea groups is 1. The van der Waals surface area contributed by atoms with Gasteiger partial charge in [0.25, 0.3) is 0 Å². The van der Waals surface area contributed by atoms with Crippen molar-refractivity contribution in [3.63, 3.8) is 0 Å². The summed E-state index contributed by atoms with van der Waals surface area (Å²) in [6.45, 7) is 0. The largest absolute Gasteiger partial charge is 0.497 e. The van der Waals surface area contributed by atoms with E-state index in [-0.39, 0.29) is 0 Å². The maximum Gasteiger partial charge on any atom is 0.340 e. The second-order valence-electron chi connectivity index (χ2n) is 3.81. The van der Waals surface area contributed by atoms with Crippen LogP contribution >= 0.6 is 0 Å². The molecule has 0 saturated carbocycles. The van der Waals surface area contributed by atoms with Crippen LogP contribution in [0.2, 0.25) is 0 Å². The third-order valence-corrected chi connectivity index (χ3v) is 2.50. The van der Waals surface area contributed by atoms with E-state index in [0.717, 1.165) is 14.2 Å². The molecular formula is C13H16N2O6. The summed E-state index contributed by atoms with van der Waals surface area (Å²) in [6.07, 6.45) is 0. The van der Waals surface area contributed by atoms with Crippen molar-refractivity contribution in [3.05, 3.63) is 24.3 Å². The minimum absolute atomic E-state index is 0.460. The Labute approximate surface area is 121 Å². The lowest BCUT2D eigenvalue weighted by molar-refractivity contribution is -0.154. The van der Waals surface area contributed by atoms with Crippen LogP contribution in [0.1, 0.15) is 0 Å². The first-order chi connectivity index (χ1) is 10.0. The van der Waals surface area contributed by atoms with Crippen molar-refractivity contribution in [2.45, 2.75) is 6.04 Å². The lowest BCUT2D eigenvalue weighted by Gasteiger charge is -2.14. The summed E-state index contributed by atoms with van der Waals surface area (Å²) >= 11 is 0. The van der Waals surface area contributed by atoms with Crippen molar-refractivity contribution >= 4 is 23.7 Å². The Balaban J connectivity index is 2.68. The van der Waals surface area contributed by atoms with Gasteiger partial charge >= 0.3 is 18.0 Å². The standard InChI is InChI=1S/C13H16N2O6/c1-19-9-6-4-8(5-7-9)14-13(18)15-10(11(16)20-2)12(17)21-3/h4-7,10H,1-3H3,(H2,14,15,18). The molecule has 0 bridgehead atoms. The monoisotopic (exact) mass is 296 g/mol. The zero-order chi connectivity index (χ0) is 15.8. The number of benzene rings is 1. The lowest BCUT2D eigenvalue weighted by atomic mass is 10.3. The number of carbonyl (C=O) groups is 3. The van der Waals surface area contributed by atoms with Crippen molar-refractivity contribution in [1.29, 1.82) is 0 Å². The van der Waals surface area contributed by atoms with Crippen molar-refractivity contribution in [2.24, 2.45) is 0 Å². The molecule has 0 unspecified atom stereocenters. The lowest BCUT2D eigenvalue weighted by Crippen LogP contribution is -2.49. The topological polar surface area (TPSA) is 103 Å². The van der Waals surface area contributed by atoms with Gasteiger partial charge in [0, 0.05) is 5.69 Å². The Morgan fingerprint density at radius 2 is 1.48 bits per heavy atom. The van der Waals surface area contributed by atoms with Gasteiger partial charge in [0.05, 0.1) is 21.3 Å². The summed E-state index contributed by atoms with van der Waals surface area (Å²) in [5, 5.41) is 4.63. The van der Waals surface area contributed by atoms with Gasteiger partial charge in [-0.3, -0.25) is 0 Å². The van der Waals surface area contributed by atoms with Crippen LogP contribution in [0.25, 0.3) is 0 Å². The zero-order valence-electron chi connectivity index (χ0n) is 11.8. The Kier molecular flexibility index (Phi) is 5.99. The van der Waals surface area contributed by atoms with Crippen molar-refractivity contribution < 1.29 is 28.6 Å². The van der Waals surface area contributed by atoms with Gasteiger partial charge in [-0.2, -0.15) is 0 Å². The first-order valence-corrected chi connectivity index (χ1v) is 5.89. The van der Waals surface area contributed by atoms with E-state index in [4.69, 9.17) is 4.74 Å². The molecule has 2 N–H and O–H groups in total. The van der Waals surface area contributed by atoms with Crippen LogP contribution < -0.4 is 15.4 Å². The van der Waals surface area contributed by atoms with E-state index < -0.39 is 24.0 Å². The highest BCUT2D eigenvalue weighted by molar-refractivity contribution is 6.04. The molecule has 1 aromatic rings. The number of carbonyl (C=O) groups excluding carboxylic acids is 3. The average molecular weight is 296 g/mol. The molecule has 2 amide bonds. The first-order valence-electron chi connectivity index (χ1n) is 5.89. The highest BCUT2D eigenvalue weighted by Crippen LogP contribution is 2.14. The molecule has 0 aliphatic carbocycles. The number of hydrogen-bond donors (Lipinski definition) is 2. The maximum absolute atomic E-state index is 11.7. The summed E-state index contributed by atoms with van der Waals surface area (Å²) in [5.41, 5.74) is 0.460. The van der Waals surface area contributed by atoms with Crippen LogP contribution in [0, 0.1) is 0 Å². The summed E-state index contributed by atoms with van der Waals surface area (Å²) in [4.78, 5) is 34.6. The predicted octanol–water partition coefficient (Wildman–Crippen LogP) is 0.531. The van der Waals surface area contributed by atoms with E-state index in [9.17, 15) is 14.4 Å². The van der Waals surface area contributed by atoms with Crippen molar-refractivity contribution in [2.75, 3.05) is 26.6 Å². The average Bonchev–Trinajstić information content (AvgIpc) is 2.51. The molecule has 0 aromatic heterocycles. The molecule has 0 spiro atoms. The smallest absolute Gasteiger partial charge is 0.340 e. The number of nitrogens with one attached hydrogen (secondary N) is 2. The number of ether oxygens (including phenoxy) is 3. The van der Waals surface area contributed by atoms with Crippen LogP contribution in [0.3, 0.4) is 0 Å². The van der Waals surface area contributed by atoms with Gasteiger partial charge in [-0.05, 0) is 24.3 Å². The Morgan fingerprint density at radius 3 is 1.90 bits per heavy atom. The molecule has 21 heavy (non-hydrogen) atoms. The van der Waals surface area contributed by atoms with Gasteiger partial charge in [-0.1, -0.05) is 0 Å². The second kappa shape index (κ2) is 7.73. The highest BCUT2D eigenvalue weighted by atomic mass is 16.5. The summed E-state index contributed by atoms with van der Waals surface area (Å²) in [5.74, 6) is -1.22. The molecule has 1 rings (SSSR count). The molecule has 1 aromatic carbocycles. The van der Waals surface area contributed by atoms with Crippen LogP contribution in [0.4, 0.5) is 10.5 Å². The molecule has 8 nitrogen and oxygen atoms in total. The third-order valence-electron chi connectivity index (χ3n) is 2.50. The summed E-state index contributed by atoms with van der Waals surface area (Å²) in [6, 6.07) is 4.22. The molecule has 114 valence electrons. The minimum Gasteiger partial charge on any atom is -0.497 e. The SMILES string of the molecule is COC(=O)C(NC(=O)Nc1ccc(OC)cc1)C(=O)OC. The van der Waals surface area contributed by atoms with E-state index in [1.165, 1.54) is 7.11 Å². The molecule has 0 fully saturated rings. The number of amides is 2. The van der Waals surface area contributed by atoms with Gasteiger partial charge in [0.2, 0.25) is 6.04 Å². The Morgan fingerprint density at radius 1 is 0.952 bits per heavy atom. The van der Waals surface area contributed by atoms with E-state index in [1.54, 1.807) is 24.3 Å². The van der Waals surface area contributed by atoms with Crippen LogP contribution in [0.15, 0.2) is 24.3 Å². The third kappa shape index (κ3) is 4.68. The Bertz CT molecular complexity index is 498. The van der Waals surface area contributed by atoms with Gasteiger partial charge in [-0.25, -0.2) is 14.4 Å². The first kappa shape index (κ1) is 16.3. The number of rotatable bonds is 5.